The van der Waals surface area contributed by atoms with Crippen LogP contribution < -0.4 is 0 Å². The molecule has 1 fully saturated rings. The highest BCUT2D eigenvalue weighted by molar-refractivity contribution is 7.90. The van der Waals surface area contributed by atoms with E-state index in [9.17, 15) is 8.42 Å². The Morgan fingerprint density at radius 2 is 1.90 bits per heavy atom. The first-order valence-corrected chi connectivity index (χ1v) is 12.4. The SMILES string of the molecule is Cc1nn(C)c(C)c1[C@@H](C)N(C)Cc1cnc(S(C)(=O)=O)n1CC1CCCCC1. The number of aromatic nitrogens is 4. The zero-order valence-electron chi connectivity index (χ0n) is 18.6. The molecule has 1 atom stereocenters. The molecule has 1 saturated carbocycles. The van der Waals surface area contributed by atoms with Crippen LogP contribution in [0.5, 0.6) is 0 Å². The third-order valence-electron chi connectivity index (χ3n) is 6.45. The van der Waals surface area contributed by atoms with Gasteiger partial charge in [0.05, 0.1) is 17.6 Å². The second kappa shape index (κ2) is 8.60. The summed E-state index contributed by atoms with van der Waals surface area (Å²) in [6, 6.07) is 0.170. The van der Waals surface area contributed by atoms with Crippen molar-refractivity contribution in [2.45, 2.75) is 77.2 Å². The van der Waals surface area contributed by atoms with Gasteiger partial charge in [-0.1, -0.05) is 19.3 Å². The number of nitrogens with zero attached hydrogens (tertiary/aromatic N) is 5. The summed E-state index contributed by atoms with van der Waals surface area (Å²) < 4.78 is 28.5. The number of hydrogen-bond acceptors (Lipinski definition) is 5. The molecule has 0 aliphatic heterocycles. The van der Waals surface area contributed by atoms with E-state index in [1.54, 1.807) is 6.20 Å². The van der Waals surface area contributed by atoms with Crippen LogP contribution in [-0.4, -0.2) is 46.0 Å². The van der Waals surface area contributed by atoms with Gasteiger partial charge in [-0.3, -0.25) is 9.58 Å². The van der Waals surface area contributed by atoms with E-state index in [2.05, 4.69) is 35.9 Å². The fraction of sp³-hybridized carbons (Fsp3) is 0.714. The summed E-state index contributed by atoms with van der Waals surface area (Å²) in [7, 11) is 0.685. The number of rotatable bonds is 7. The molecule has 0 radical (unpaired) electrons. The largest absolute Gasteiger partial charge is 0.317 e. The summed E-state index contributed by atoms with van der Waals surface area (Å²) in [5.41, 5.74) is 4.40. The van der Waals surface area contributed by atoms with E-state index in [0.29, 0.717) is 12.5 Å². The van der Waals surface area contributed by atoms with Gasteiger partial charge in [-0.25, -0.2) is 13.4 Å². The number of hydrogen-bond donors (Lipinski definition) is 0. The molecular formula is C21H35N5O2S. The van der Waals surface area contributed by atoms with Crippen molar-refractivity contribution in [3.63, 3.8) is 0 Å². The summed E-state index contributed by atoms with van der Waals surface area (Å²) in [6.45, 7) is 7.70. The van der Waals surface area contributed by atoms with Gasteiger partial charge in [0.1, 0.15) is 0 Å². The second-order valence-corrected chi connectivity index (χ2v) is 10.6. The Bertz CT molecular complexity index is 954. The van der Waals surface area contributed by atoms with Crippen molar-refractivity contribution < 1.29 is 8.42 Å². The minimum Gasteiger partial charge on any atom is -0.317 e. The summed E-state index contributed by atoms with van der Waals surface area (Å²) >= 11 is 0. The monoisotopic (exact) mass is 421 g/mol. The molecule has 7 nitrogen and oxygen atoms in total. The van der Waals surface area contributed by atoms with Crippen LogP contribution in [0, 0.1) is 19.8 Å². The zero-order chi connectivity index (χ0) is 21.3. The molecule has 1 aliphatic rings. The van der Waals surface area contributed by atoms with Crippen LogP contribution >= 0.6 is 0 Å². The maximum absolute atomic E-state index is 12.3. The lowest BCUT2D eigenvalue weighted by Gasteiger charge is -2.27. The van der Waals surface area contributed by atoms with Gasteiger partial charge in [0.2, 0.25) is 15.0 Å². The molecule has 0 N–H and O–H groups in total. The lowest BCUT2D eigenvalue weighted by atomic mass is 9.89. The van der Waals surface area contributed by atoms with Crippen molar-refractivity contribution >= 4 is 9.84 Å². The molecule has 1 aliphatic carbocycles. The summed E-state index contributed by atoms with van der Waals surface area (Å²) in [5.74, 6) is 0.530. The van der Waals surface area contributed by atoms with Gasteiger partial charge in [0.25, 0.3) is 0 Å². The molecular weight excluding hydrogens is 386 g/mol. The molecule has 2 aromatic heterocycles. The van der Waals surface area contributed by atoms with Gasteiger partial charge in [0, 0.05) is 43.7 Å². The van der Waals surface area contributed by atoms with Crippen LogP contribution in [-0.2, 0) is 30.0 Å². The van der Waals surface area contributed by atoms with Gasteiger partial charge in [0.15, 0.2) is 0 Å². The van der Waals surface area contributed by atoms with Crippen molar-refractivity contribution in [2.24, 2.45) is 13.0 Å². The Morgan fingerprint density at radius 1 is 1.24 bits per heavy atom. The van der Waals surface area contributed by atoms with E-state index in [1.165, 1.54) is 43.9 Å². The Hall–Kier alpha value is -1.67. The first-order chi connectivity index (χ1) is 13.6. The summed E-state index contributed by atoms with van der Waals surface area (Å²) in [6.07, 6.45) is 9.09. The van der Waals surface area contributed by atoms with Crippen molar-refractivity contribution in [1.82, 2.24) is 24.2 Å². The fourth-order valence-electron chi connectivity index (χ4n) is 4.64. The molecule has 0 amide bonds. The van der Waals surface area contributed by atoms with Crippen LogP contribution in [0.25, 0.3) is 0 Å². The highest BCUT2D eigenvalue weighted by Crippen LogP contribution is 2.29. The molecule has 162 valence electrons. The van der Waals surface area contributed by atoms with Gasteiger partial charge >= 0.3 is 0 Å². The van der Waals surface area contributed by atoms with Crippen LogP contribution in [0.2, 0.25) is 0 Å². The zero-order valence-corrected chi connectivity index (χ0v) is 19.5. The Kier molecular flexibility index (Phi) is 6.53. The van der Waals surface area contributed by atoms with Gasteiger partial charge in [-0.15, -0.1) is 0 Å². The van der Waals surface area contributed by atoms with Gasteiger partial charge < -0.3 is 4.57 Å². The minimum absolute atomic E-state index is 0.170. The first-order valence-electron chi connectivity index (χ1n) is 10.5. The molecule has 0 aromatic carbocycles. The van der Waals surface area contributed by atoms with E-state index < -0.39 is 9.84 Å². The van der Waals surface area contributed by atoms with Crippen LogP contribution in [0.1, 0.15) is 67.7 Å². The lowest BCUT2D eigenvalue weighted by molar-refractivity contribution is 0.238. The summed E-state index contributed by atoms with van der Waals surface area (Å²) in [4.78, 5) is 6.56. The van der Waals surface area contributed by atoms with E-state index in [0.717, 1.165) is 23.6 Å². The highest BCUT2D eigenvalue weighted by Gasteiger charge is 2.25. The van der Waals surface area contributed by atoms with E-state index in [1.807, 2.05) is 23.2 Å². The molecule has 0 bridgehead atoms. The minimum atomic E-state index is -3.36. The standard InChI is InChI=1S/C21H35N5O2S/c1-15-20(17(3)25(5)23-15)16(2)24(4)14-19-12-22-21(29(6,27)28)26(19)13-18-10-8-7-9-11-18/h12,16,18H,7-11,13-14H2,1-6H3/t16-/m1/s1. The van der Waals surface area contributed by atoms with E-state index in [4.69, 9.17) is 0 Å². The normalized spacial score (nSPS) is 17.2. The molecule has 0 saturated heterocycles. The Morgan fingerprint density at radius 3 is 2.45 bits per heavy atom. The number of sulfone groups is 1. The average molecular weight is 422 g/mol. The smallest absolute Gasteiger partial charge is 0.227 e. The molecule has 29 heavy (non-hydrogen) atoms. The van der Waals surface area contributed by atoms with Crippen molar-refractivity contribution in [1.29, 1.82) is 0 Å². The third-order valence-corrected chi connectivity index (χ3v) is 7.44. The van der Waals surface area contributed by atoms with Crippen molar-refractivity contribution in [3.8, 4) is 0 Å². The van der Waals surface area contributed by atoms with Crippen LogP contribution in [0.4, 0.5) is 0 Å². The molecule has 8 heteroatoms. The van der Waals surface area contributed by atoms with Gasteiger partial charge in [-0.05, 0) is 46.6 Å². The van der Waals surface area contributed by atoms with E-state index in [-0.39, 0.29) is 11.2 Å². The fourth-order valence-corrected chi connectivity index (χ4v) is 5.48. The predicted octanol–water partition coefficient (Wildman–Crippen LogP) is 3.41. The Labute approximate surface area is 175 Å². The topological polar surface area (TPSA) is 73.0 Å². The lowest BCUT2D eigenvalue weighted by Crippen LogP contribution is -2.26. The maximum Gasteiger partial charge on any atom is 0.227 e. The maximum atomic E-state index is 12.3. The molecule has 3 rings (SSSR count). The second-order valence-electron chi connectivity index (χ2n) is 8.72. The van der Waals surface area contributed by atoms with Crippen LogP contribution in [0.3, 0.4) is 0 Å². The average Bonchev–Trinajstić information content (AvgIpc) is 3.15. The number of imidazole rings is 1. The quantitative estimate of drug-likeness (QED) is 0.685. The molecule has 2 aromatic rings. The first kappa shape index (κ1) is 22.0. The summed E-state index contributed by atoms with van der Waals surface area (Å²) in [5, 5.41) is 4.75. The van der Waals surface area contributed by atoms with Gasteiger partial charge in [-0.2, -0.15) is 5.10 Å². The molecule has 0 unspecified atom stereocenters. The predicted molar refractivity (Wildman–Crippen MR) is 114 cm³/mol. The van der Waals surface area contributed by atoms with Crippen molar-refractivity contribution in [2.75, 3.05) is 13.3 Å². The highest BCUT2D eigenvalue weighted by atomic mass is 32.2. The third kappa shape index (κ3) is 4.74. The number of aryl methyl sites for hydroxylation is 2. The molecule has 2 heterocycles. The van der Waals surface area contributed by atoms with Crippen molar-refractivity contribution in [3.05, 3.63) is 28.8 Å². The Balaban J connectivity index is 1.86. The van der Waals surface area contributed by atoms with E-state index >= 15 is 0 Å². The molecule has 0 spiro atoms. The van der Waals surface area contributed by atoms with Crippen LogP contribution in [0.15, 0.2) is 11.4 Å².